The van der Waals surface area contributed by atoms with E-state index in [1.807, 2.05) is 0 Å². The first-order chi connectivity index (χ1) is 14.7. The van der Waals surface area contributed by atoms with Crippen LogP contribution in [0.5, 0.6) is 0 Å². The molecule has 4 rings (SSSR count). The van der Waals surface area contributed by atoms with Gasteiger partial charge in [-0.15, -0.1) is 0 Å². The number of ether oxygens (including phenoxy) is 1. The molecule has 164 valence electrons. The first-order valence-corrected chi connectivity index (χ1v) is 9.91. The van der Waals surface area contributed by atoms with Crippen LogP contribution in [0.25, 0.3) is 22.2 Å². The van der Waals surface area contributed by atoms with Gasteiger partial charge in [-0.1, -0.05) is 17.7 Å². The number of alkyl halides is 3. The monoisotopic (exact) mass is 453 g/mol. The predicted molar refractivity (Wildman–Crippen MR) is 110 cm³/mol. The van der Waals surface area contributed by atoms with Crippen molar-refractivity contribution >= 4 is 34.4 Å². The highest BCUT2D eigenvalue weighted by Crippen LogP contribution is 2.40. The molecule has 0 unspecified atom stereocenters. The summed E-state index contributed by atoms with van der Waals surface area (Å²) in [7, 11) is 1.21. The predicted octanol–water partition coefficient (Wildman–Crippen LogP) is 4.38. The Balaban J connectivity index is 1.81. The number of carbonyl (C=O) groups is 1. The molecule has 7 nitrogen and oxygen atoms in total. The zero-order chi connectivity index (χ0) is 22.3. The molecule has 11 heteroatoms. The molecule has 1 aliphatic rings. The first kappa shape index (κ1) is 21.4. The Morgan fingerprint density at radius 3 is 2.77 bits per heavy atom. The van der Waals surface area contributed by atoms with Crippen LogP contribution in [0.4, 0.5) is 19.1 Å². The van der Waals surface area contributed by atoms with Crippen LogP contribution in [0.1, 0.15) is 35.2 Å². The molecule has 1 aliphatic carbocycles. The molecule has 4 N–H and O–H groups in total. The van der Waals surface area contributed by atoms with E-state index in [1.54, 1.807) is 0 Å². The summed E-state index contributed by atoms with van der Waals surface area (Å²) in [6.07, 6.45) is -0.205. The molecule has 2 aromatic heterocycles. The number of halogens is 4. The lowest BCUT2D eigenvalue weighted by atomic mass is 10.0. The van der Waals surface area contributed by atoms with Crippen molar-refractivity contribution in [2.45, 2.75) is 37.5 Å². The third-order valence-electron chi connectivity index (χ3n) is 5.35. The van der Waals surface area contributed by atoms with Crippen molar-refractivity contribution in [3.05, 3.63) is 40.7 Å². The van der Waals surface area contributed by atoms with Crippen LogP contribution in [-0.2, 0) is 10.9 Å². The first-order valence-electron chi connectivity index (χ1n) is 9.53. The number of aromatic nitrogens is 3. The lowest BCUT2D eigenvalue weighted by Crippen LogP contribution is -2.22. The van der Waals surface area contributed by atoms with Crippen LogP contribution in [0, 0.1) is 0 Å². The Bertz CT molecular complexity index is 1150. The minimum absolute atomic E-state index is 0.000357. The second kappa shape index (κ2) is 8.01. The Kier molecular flexibility index (Phi) is 5.52. The molecule has 2 atom stereocenters. The number of nitrogens with two attached hydrogens (primary N) is 1. The van der Waals surface area contributed by atoms with Crippen LogP contribution in [0.3, 0.4) is 0 Å². The van der Waals surface area contributed by atoms with Crippen molar-refractivity contribution in [2.75, 3.05) is 12.4 Å². The number of hydrogen-bond donors (Lipinski definition) is 3. The van der Waals surface area contributed by atoms with Crippen molar-refractivity contribution in [3.8, 4) is 11.3 Å². The Labute approximate surface area is 180 Å². The smallest absolute Gasteiger partial charge is 0.419 e. The number of rotatable bonds is 4. The number of fused-ring (bicyclic) bond motifs is 1. The van der Waals surface area contributed by atoms with Crippen LogP contribution in [0.15, 0.2) is 24.5 Å². The van der Waals surface area contributed by atoms with Gasteiger partial charge in [0.05, 0.1) is 28.9 Å². The van der Waals surface area contributed by atoms with Gasteiger partial charge in [-0.25, -0.2) is 14.8 Å². The fourth-order valence-corrected chi connectivity index (χ4v) is 4.12. The SMILES string of the molecule is COC(=O)c1ccc2c(-c3nc(N[C@H]4CC[C@H](N)C4)ncc3C(F)(F)F)c[nH]c2c1Cl. The third kappa shape index (κ3) is 4.05. The van der Waals surface area contributed by atoms with Crippen LogP contribution < -0.4 is 11.1 Å². The molecular formula is C20H19ClF3N5O2. The highest BCUT2D eigenvalue weighted by molar-refractivity contribution is 6.38. The molecule has 1 aromatic carbocycles. The van der Waals surface area contributed by atoms with Gasteiger partial charge in [0.2, 0.25) is 5.95 Å². The van der Waals surface area contributed by atoms with Crippen molar-refractivity contribution in [3.63, 3.8) is 0 Å². The summed E-state index contributed by atoms with van der Waals surface area (Å²) < 4.78 is 45.8. The van der Waals surface area contributed by atoms with Gasteiger partial charge in [-0.3, -0.25) is 0 Å². The zero-order valence-electron chi connectivity index (χ0n) is 16.4. The van der Waals surface area contributed by atoms with Crippen LogP contribution in [-0.4, -0.2) is 40.1 Å². The molecule has 0 bridgehead atoms. The molecule has 0 spiro atoms. The largest absolute Gasteiger partial charge is 0.465 e. The number of esters is 1. The summed E-state index contributed by atoms with van der Waals surface area (Å²) in [4.78, 5) is 22.8. The molecule has 0 aliphatic heterocycles. The second-order valence-corrected chi connectivity index (χ2v) is 7.79. The average molecular weight is 454 g/mol. The van der Waals surface area contributed by atoms with Gasteiger partial charge < -0.3 is 20.8 Å². The summed E-state index contributed by atoms with van der Waals surface area (Å²) in [6.45, 7) is 0. The van der Waals surface area contributed by atoms with Gasteiger partial charge >= 0.3 is 12.1 Å². The maximum absolute atomic E-state index is 13.7. The van der Waals surface area contributed by atoms with Gasteiger partial charge in [0.15, 0.2) is 0 Å². The van der Waals surface area contributed by atoms with E-state index in [1.165, 1.54) is 25.4 Å². The number of hydrogen-bond acceptors (Lipinski definition) is 6. The van der Waals surface area contributed by atoms with E-state index in [9.17, 15) is 18.0 Å². The average Bonchev–Trinajstić information content (AvgIpc) is 3.33. The second-order valence-electron chi connectivity index (χ2n) is 7.41. The lowest BCUT2D eigenvalue weighted by molar-refractivity contribution is -0.137. The number of nitrogens with zero attached hydrogens (tertiary/aromatic N) is 2. The minimum atomic E-state index is -4.66. The Morgan fingerprint density at radius 2 is 2.13 bits per heavy atom. The minimum Gasteiger partial charge on any atom is -0.465 e. The lowest BCUT2D eigenvalue weighted by Gasteiger charge is -2.16. The van der Waals surface area contributed by atoms with E-state index in [0.717, 1.165) is 19.0 Å². The fourth-order valence-electron chi connectivity index (χ4n) is 3.82. The van der Waals surface area contributed by atoms with E-state index in [-0.39, 0.29) is 39.9 Å². The van der Waals surface area contributed by atoms with Gasteiger partial charge in [0.25, 0.3) is 0 Å². The van der Waals surface area contributed by atoms with Crippen molar-refractivity contribution in [2.24, 2.45) is 5.73 Å². The Hall–Kier alpha value is -2.85. The summed E-state index contributed by atoms with van der Waals surface area (Å²) in [5.41, 5.74) is 5.24. The molecule has 0 saturated heterocycles. The fraction of sp³-hybridized carbons (Fsp3) is 0.350. The van der Waals surface area contributed by atoms with Crippen molar-refractivity contribution < 1.29 is 22.7 Å². The number of aromatic amines is 1. The molecule has 2 heterocycles. The molecule has 1 fully saturated rings. The van der Waals surface area contributed by atoms with Gasteiger partial charge in [0.1, 0.15) is 5.56 Å². The maximum atomic E-state index is 13.7. The molecule has 0 radical (unpaired) electrons. The number of H-pyrrole nitrogens is 1. The maximum Gasteiger partial charge on any atom is 0.419 e. The van der Waals surface area contributed by atoms with Crippen LogP contribution >= 0.6 is 11.6 Å². The van der Waals surface area contributed by atoms with E-state index in [0.29, 0.717) is 17.3 Å². The summed E-state index contributed by atoms with van der Waals surface area (Å²) in [6, 6.07) is 2.96. The van der Waals surface area contributed by atoms with Gasteiger partial charge in [-0.05, 0) is 25.3 Å². The number of anilines is 1. The normalized spacial score (nSPS) is 19.0. The summed E-state index contributed by atoms with van der Waals surface area (Å²) in [5.74, 6) is -0.559. The number of benzene rings is 1. The standard InChI is InChI=1S/C20H19ClF3N5O2/c1-31-18(30)12-5-4-11-13(7-26-17(11)15(12)21)16-14(20(22,23)24)8-27-19(29-16)28-10-3-2-9(25)6-10/h4-5,7-10,26H,2-3,6,25H2,1H3,(H,27,28,29)/t9-,10-/m0/s1. The van der Waals surface area contributed by atoms with Gasteiger partial charge in [-0.2, -0.15) is 13.2 Å². The topological polar surface area (TPSA) is 106 Å². The van der Waals surface area contributed by atoms with E-state index in [2.05, 4.69) is 25.0 Å². The van der Waals surface area contributed by atoms with Crippen LogP contribution in [0.2, 0.25) is 5.02 Å². The third-order valence-corrected chi connectivity index (χ3v) is 5.75. The molecule has 1 saturated carbocycles. The number of carbonyl (C=O) groups excluding carboxylic acids is 1. The number of methoxy groups -OCH3 is 1. The Morgan fingerprint density at radius 1 is 1.35 bits per heavy atom. The molecule has 3 aromatic rings. The van der Waals surface area contributed by atoms with Crippen molar-refractivity contribution in [1.29, 1.82) is 0 Å². The quantitative estimate of drug-likeness (QED) is 0.506. The summed E-state index contributed by atoms with van der Waals surface area (Å²) >= 11 is 6.29. The molecule has 0 amide bonds. The highest BCUT2D eigenvalue weighted by Gasteiger charge is 2.36. The highest BCUT2D eigenvalue weighted by atomic mass is 35.5. The van der Waals surface area contributed by atoms with E-state index < -0.39 is 17.7 Å². The van der Waals surface area contributed by atoms with Gasteiger partial charge in [0, 0.05) is 35.4 Å². The molecule has 31 heavy (non-hydrogen) atoms. The van der Waals surface area contributed by atoms with E-state index >= 15 is 0 Å². The number of nitrogens with one attached hydrogen (secondary N) is 2. The summed E-state index contributed by atoms with van der Waals surface area (Å²) in [5, 5.41) is 3.51. The zero-order valence-corrected chi connectivity index (χ0v) is 17.1. The molecular weight excluding hydrogens is 435 g/mol. The van der Waals surface area contributed by atoms with E-state index in [4.69, 9.17) is 17.3 Å². The van der Waals surface area contributed by atoms with Crippen molar-refractivity contribution in [1.82, 2.24) is 15.0 Å².